The van der Waals surface area contributed by atoms with Crippen LogP contribution >= 0.6 is 11.6 Å². The van der Waals surface area contributed by atoms with E-state index in [9.17, 15) is 13.6 Å². The zero-order valence-electron chi connectivity index (χ0n) is 9.12. The molecule has 2 N–H and O–H groups in total. The van der Waals surface area contributed by atoms with Gasteiger partial charge in [0.05, 0.1) is 6.61 Å². The molecule has 1 aromatic carbocycles. The standard InChI is InChI=1S/C11H12ClF2NO2/c1-2-17-10(16)11(13,14)9(15)7-3-5-8(12)6-4-7/h3-6,9H,2,15H2,1H3/t9-/m0/s1. The molecule has 0 amide bonds. The smallest absolute Gasteiger partial charge is 0.379 e. The van der Waals surface area contributed by atoms with E-state index in [-0.39, 0.29) is 12.2 Å². The third kappa shape index (κ3) is 3.14. The maximum Gasteiger partial charge on any atom is 0.379 e. The Morgan fingerprint density at radius 2 is 2.00 bits per heavy atom. The first-order valence-electron chi connectivity index (χ1n) is 4.95. The summed E-state index contributed by atoms with van der Waals surface area (Å²) in [5, 5.41) is 0.403. The molecule has 0 aliphatic rings. The topological polar surface area (TPSA) is 52.3 Å². The van der Waals surface area contributed by atoms with Crippen LogP contribution in [0.15, 0.2) is 24.3 Å². The van der Waals surface area contributed by atoms with Crippen LogP contribution in [0.5, 0.6) is 0 Å². The monoisotopic (exact) mass is 263 g/mol. The minimum Gasteiger partial charge on any atom is -0.462 e. The van der Waals surface area contributed by atoms with Crippen molar-refractivity contribution in [3.8, 4) is 0 Å². The van der Waals surface area contributed by atoms with E-state index in [0.717, 1.165) is 0 Å². The van der Waals surface area contributed by atoms with E-state index in [1.165, 1.54) is 31.2 Å². The van der Waals surface area contributed by atoms with Gasteiger partial charge in [-0.05, 0) is 24.6 Å². The number of alkyl halides is 2. The second-order valence-corrected chi connectivity index (χ2v) is 3.81. The van der Waals surface area contributed by atoms with Gasteiger partial charge in [0.15, 0.2) is 0 Å². The molecule has 0 aliphatic heterocycles. The van der Waals surface area contributed by atoms with E-state index in [1.54, 1.807) is 0 Å². The van der Waals surface area contributed by atoms with Gasteiger partial charge in [-0.15, -0.1) is 0 Å². The molecule has 0 aliphatic carbocycles. The molecule has 1 atom stereocenters. The molecular formula is C11H12ClF2NO2. The highest BCUT2D eigenvalue weighted by Crippen LogP contribution is 2.31. The van der Waals surface area contributed by atoms with E-state index in [0.29, 0.717) is 5.02 Å². The maximum atomic E-state index is 13.6. The second kappa shape index (κ2) is 5.42. The maximum absolute atomic E-state index is 13.6. The van der Waals surface area contributed by atoms with Crippen LogP contribution in [0.25, 0.3) is 0 Å². The van der Waals surface area contributed by atoms with Crippen molar-refractivity contribution in [1.82, 2.24) is 0 Å². The summed E-state index contributed by atoms with van der Waals surface area (Å²) < 4.78 is 31.4. The third-order valence-corrected chi connectivity index (χ3v) is 2.42. The number of halogens is 3. The summed E-state index contributed by atoms with van der Waals surface area (Å²) in [7, 11) is 0. The lowest BCUT2D eigenvalue weighted by Crippen LogP contribution is -2.41. The Bertz CT molecular complexity index is 395. The van der Waals surface area contributed by atoms with Crippen molar-refractivity contribution in [2.75, 3.05) is 6.61 Å². The minimum atomic E-state index is -3.76. The highest BCUT2D eigenvalue weighted by Gasteiger charge is 2.47. The molecule has 0 saturated heterocycles. The fraction of sp³-hybridized carbons (Fsp3) is 0.364. The molecule has 0 spiro atoms. The molecule has 0 saturated carbocycles. The summed E-state index contributed by atoms with van der Waals surface area (Å²) in [6, 6.07) is 3.80. The Morgan fingerprint density at radius 3 is 2.47 bits per heavy atom. The summed E-state index contributed by atoms with van der Waals surface area (Å²) in [5.74, 6) is -5.38. The average molecular weight is 264 g/mol. The number of carbonyl (C=O) groups excluding carboxylic acids is 1. The van der Waals surface area contributed by atoms with Crippen LogP contribution in [-0.2, 0) is 9.53 Å². The summed E-state index contributed by atoms with van der Waals surface area (Å²) in [6.45, 7) is 1.32. The number of hydrogen-bond acceptors (Lipinski definition) is 3. The highest BCUT2D eigenvalue weighted by atomic mass is 35.5. The Morgan fingerprint density at radius 1 is 1.47 bits per heavy atom. The van der Waals surface area contributed by atoms with Crippen LogP contribution in [0.4, 0.5) is 8.78 Å². The fourth-order valence-electron chi connectivity index (χ4n) is 1.23. The number of nitrogens with two attached hydrogens (primary N) is 1. The summed E-state index contributed by atoms with van der Waals surface area (Å²) in [5.41, 5.74) is 5.48. The van der Waals surface area contributed by atoms with Crippen molar-refractivity contribution in [1.29, 1.82) is 0 Å². The van der Waals surface area contributed by atoms with Gasteiger partial charge < -0.3 is 10.5 Å². The summed E-state index contributed by atoms with van der Waals surface area (Å²) >= 11 is 5.62. The molecule has 0 radical (unpaired) electrons. The van der Waals surface area contributed by atoms with Crippen molar-refractivity contribution in [3.05, 3.63) is 34.9 Å². The lowest BCUT2D eigenvalue weighted by atomic mass is 10.0. The first-order chi connectivity index (χ1) is 7.89. The molecule has 0 heterocycles. The number of carbonyl (C=O) groups is 1. The van der Waals surface area contributed by atoms with Crippen LogP contribution in [0, 0.1) is 0 Å². The van der Waals surface area contributed by atoms with Gasteiger partial charge in [-0.3, -0.25) is 0 Å². The van der Waals surface area contributed by atoms with Crippen molar-refractivity contribution >= 4 is 17.6 Å². The highest BCUT2D eigenvalue weighted by molar-refractivity contribution is 6.30. The molecule has 6 heteroatoms. The Labute approximate surface area is 103 Å². The van der Waals surface area contributed by atoms with Gasteiger partial charge in [0.25, 0.3) is 0 Å². The zero-order chi connectivity index (χ0) is 13.1. The Hall–Kier alpha value is -1.20. The molecule has 94 valence electrons. The number of ether oxygens (including phenoxy) is 1. The number of esters is 1. The lowest BCUT2D eigenvalue weighted by Gasteiger charge is -2.21. The van der Waals surface area contributed by atoms with Crippen LogP contribution in [0.2, 0.25) is 5.02 Å². The quantitative estimate of drug-likeness (QED) is 0.850. The molecule has 0 fully saturated rings. The number of hydrogen-bond donors (Lipinski definition) is 1. The van der Waals surface area contributed by atoms with Crippen molar-refractivity contribution in [2.24, 2.45) is 5.73 Å². The average Bonchev–Trinajstić information content (AvgIpc) is 2.29. The second-order valence-electron chi connectivity index (χ2n) is 3.37. The Kier molecular flexibility index (Phi) is 4.42. The van der Waals surface area contributed by atoms with Crippen molar-refractivity contribution < 1.29 is 18.3 Å². The third-order valence-electron chi connectivity index (χ3n) is 2.17. The molecule has 17 heavy (non-hydrogen) atoms. The molecule has 0 bridgehead atoms. The SMILES string of the molecule is CCOC(=O)C(F)(F)[C@@H](N)c1ccc(Cl)cc1. The normalized spacial score (nSPS) is 13.2. The van der Waals surface area contributed by atoms with Crippen molar-refractivity contribution in [2.45, 2.75) is 18.9 Å². The first-order valence-corrected chi connectivity index (χ1v) is 5.33. The van der Waals surface area contributed by atoms with E-state index in [1.807, 2.05) is 0 Å². The molecule has 1 rings (SSSR count). The summed E-state index contributed by atoms with van der Waals surface area (Å²) in [4.78, 5) is 11.1. The largest absolute Gasteiger partial charge is 0.462 e. The number of rotatable bonds is 4. The van der Waals surface area contributed by atoms with E-state index in [4.69, 9.17) is 17.3 Å². The predicted octanol–water partition coefficient (Wildman–Crippen LogP) is 2.54. The van der Waals surface area contributed by atoms with E-state index < -0.39 is 17.9 Å². The predicted molar refractivity (Wildman–Crippen MR) is 60.0 cm³/mol. The van der Waals surface area contributed by atoms with Gasteiger partial charge in [0.1, 0.15) is 6.04 Å². The molecule has 3 nitrogen and oxygen atoms in total. The van der Waals surface area contributed by atoms with Gasteiger partial charge in [-0.1, -0.05) is 23.7 Å². The molecule has 1 aromatic rings. The molecule has 0 unspecified atom stereocenters. The van der Waals surface area contributed by atoms with Gasteiger partial charge >= 0.3 is 11.9 Å². The number of benzene rings is 1. The molecule has 0 aromatic heterocycles. The van der Waals surface area contributed by atoms with E-state index >= 15 is 0 Å². The first kappa shape index (κ1) is 13.9. The van der Waals surface area contributed by atoms with Gasteiger partial charge in [0, 0.05) is 5.02 Å². The molecular weight excluding hydrogens is 252 g/mol. The Balaban J connectivity index is 2.91. The minimum absolute atomic E-state index is 0.118. The van der Waals surface area contributed by atoms with Gasteiger partial charge in [-0.2, -0.15) is 8.78 Å². The van der Waals surface area contributed by atoms with E-state index in [2.05, 4.69) is 4.74 Å². The zero-order valence-corrected chi connectivity index (χ0v) is 9.88. The van der Waals surface area contributed by atoms with Crippen LogP contribution in [0.1, 0.15) is 18.5 Å². The van der Waals surface area contributed by atoms with Gasteiger partial charge in [-0.25, -0.2) is 4.79 Å². The van der Waals surface area contributed by atoms with Gasteiger partial charge in [0.2, 0.25) is 0 Å². The van der Waals surface area contributed by atoms with Crippen molar-refractivity contribution in [3.63, 3.8) is 0 Å². The van der Waals surface area contributed by atoms with Crippen LogP contribution < -0.4 is 5.73 Å². The fourth-order valence-corrected chi connectivity index (χ4v) is 1.36. The lowest BCUT2D eigenvalue weighted by molar-refractivity contribution is -0.174. The summed E-state index contributed by atoms with van der Waals surface area (Å²) in [6.07, 6.45) is 0. The van der Waals surface area contributed by atoms with Crippen LogP contribution in [0.3, 0.4) is 0 Å². The van der Waals surface area contributed by atoms with Crippen LogP contribution in [-0.4, -0.2) is 18.5 Å².